The number of rotatable bonds is 37. The van der Waals surface area contributed by atoms with Crippen molar-refractivity contribution >= 4 is 25.7 Å². The molecule has 3 atom stereocenters. The van der Waals surface area contributed by atoms with Gasteiger partial charge in [-0.2, -0.15) is 0 Å². The zero-order valence-corrected chi connectivity index (χ0v) is 33.3. The molecule has 0 amide bonds. The number of phosphoric ester groups is 1. The Labute approximate surface area is 314 Å². The summed E-state index contributed by atoms with van der Waals surface area (Å²) >= 11 is 0. The van der Waals surface area contributed by atoms with Crippen molar-refractivity contribution in [3.05, 3.63) is 36.5 Å². The van der Waals surface area contributed by atoms with Crippen molar-refractivity contribution in [3.8, 4) is 0 Å². The second kappa shape index (κ2) is 35.7. The fourth-order valence-electron chi connectivity index (χ4n) is 5.15. The lowest BCUT2D eigenvalue weighted by Crippen LogP contribution is -2.34. The predicted octanol–water partition coefficient (Wildman–Crippen LogP) is 10.1. The summed E-state index contributed by atoms with van der Waals surface area (Å²) < 4.78 is 32.6. The molecule has 0 spiro atoms. The van der Waals surface area contributed by atoms with Crippen molar-refractivity contribution in [1.82, 2.24) is 0 Å². The summed E-state index contributed by atoms with van der Waals surface area (Å²) in [4.78, 5) is 45.8. The van der Waals surface area contributed by atoms with E-state index in [1.807, 2.05) is 0 Å². The molecule has 0 aromatic heterocycles. The van der Waals surface area contributed by atoms with Gasteiger partial charge in [-0.3, -0.25) is 23.4 Å². The highest BCUT2D eigenvalue weighted by Crippen LogP contribution is 2.43. The molecule has 1 unspecified atom stereocenters. The standard InChI is InChI=1S/C40H72NO10P/c1-3-5-7-9-11-13-15-17-18-20-22-24-26-28-30-32-39(43)51-36(34-49-52(46,47)50-35-37(41)40(44)45)33-48-38(42)31-29-27-25-23-21-19-16-14-12-10-8-6-4-2/h11,13-14,16-18,36-37H,3-10,12,15,19-35,41H2,1-2H3,(H,44,45)(H,46,47)/b13-11-,16-14-,18-17-/t36-,37+/m1/s1. The average molecular weight is 758 g/mol. The maximum Gasteiger partial charge on any atom is 0.472 e. The molecule has 0 bridgehead atoms. The van der Waals surface area contributed by atoms with Gasteiger partial charge in [0.25, 0.3) is 0 Å². The van der Waals surface area contributed by atoms with Crippen LogP contribution in [0.2, 0.25) is 0 Å². The number of phosphoric acid groups is 1. The Morgan fingerprint density at radius 3 is 1.56 bits per heavy atom. The van der Waals surface area contributed by atoms with Crippen LogP contribution >= 0.6 is 7.82 Å². The lowest BCUT2D eigenvalue weighted by atomic mass is 10.1. The van der Waals surface area contributed by atoms with Crippen molar-refractivity contribution in [1.29, 1.82) is 0 Å². The fourth-order valence-corrected chi connectivity index (χ4v) is 5.92. The Bertz CT molecular complexity index is 1030. The Balaban J connectivity index is 4.46. The first-order valence-corrected chi connectivity index (χ1v) is 21.5. The number of carbonyl (C=O) groups is 3. The van der Waals surface area contributed by atoms with Crippen LogP contribution in [0.5, 0.6) is 0 Å². The third-order valence-electron chi connectivity index (χ3n) is 8.36. The highest BCUT2D eigenvalue weighted by Gasteiger charge is 2.28. The van der Waals surface area contributed by atoms with E-state index in [0.717, 1.165) is 83.5 Å². The molecule has 12 heteroatoms. The Kier molecular flexibility index (Phi) is 34.1. The number of ether oxygens (including phenoxy) is 2. The minimum absolute atomic E-state index is 0.143. The van der Waals surface area contributed by atoms with E-state index < -0.39 is 51.1 Å². The largest absolute Gasteiger partial charge is 0.480 e. The molecule has 0 aromatic rings. The minimum atomic E-state index is -4.72. The minimum Gasteiger partial charge on any atom is -0.480 e. The molecular weight excluding hydrogens is 685 g/mol. The quantitative estimate of drug-likeness (QED) is 0.0238. The Hall–Kier alpha value is -2.30. The van der Waals surface area contributed by atoms with Crippen LogP contribution in [0.3, 0.4) is 0 Å². The number of carboxylic acid groups (broad SMARTS) is 1. The topological polar surface area (TPSA) is 172 Å². The van der Waals surface area contributed by atoms with Gasteiger partial charge in [-0.1, -0.05) is 121 Å². The van der Waals surface area contributed by atoms with E-state index in [-0.39, 0.29) is 19.4 Å². The van der Waals surface area contributed by atoms with Crippen LogP contribution in [-0.2, 0) is 37.5 Å². The predicted molar refractivity (Wildman–Crippen MR) is 208 cm³/mol. The summed E-state index contributed by atoms with van der Waals surface area (Å²) in [7, 11) is -4.72. The highest BCUT2D eigenvalue weighted by atomic mass is 31.2. The highest BCUT2D eigenvalue weighted by molar-refractivity contribution is 7.47. The zero-order valence-electron chi connectivity index (χ0n) is 32.4. The van der Waals surface area contributed by atoms with Gasteiger partial charge < -0.3 is 25.2 Å². The van der Waals surface area contributed by atoms with Gasteiger partial charge in [-0.15, -0.1) is 0 Å². The Morgan fingerprint density at radius 1 is 0.596 bits per heavy atom. The summed E-state index contributed by atoms with van der Waals surface area (Å²) in [5.41, 5.74) is 5.32. The number of aliphatic carboxylic acids is 1. The molecule has 4 N–H and O–H groups in total. The van der Waals surface area contributed by atoms with Crippen molar-refractivity contribution in [2.75, 3.05) is 19.8 Å². The summed E-state index contributed by atoms with van der Waals surface area (Å²) in [5.74, 6) is -2.41. The van der Waals surface area contributed by atoms with Gasteiger partial charge in [-0.05, 0) is 70.6 Å². The van der Waals surface area contributed by atoms with Crippen molar-refractivity contribution in [2.45, 2.75) is 180 Å². The number of allylic oxidation sites excluding steroid dienone is 6. The lowest BCUT2D eigenvalue weighted by Gasteiger charge is -2.20. The van der Waals surface area contributed by atoms with Gasteiger partial charge in [0.1, 0.15) is 12.6 Å². The van der Waals surface area contributed by atoms with Crippen LogP contribution in [0.15, 0.2) is 36.5 Å². The molecule has 0 rings (SSSR count). The van der Waals surface area contributed by atoms with Crippen LogP contribution in [0.4, 0.5) is 0 Å². The zero-order chi connectivity index (χ0) is 38.5. The molecular formula is C40H72NO10P. The maximum atomic E-state index is 12.6. The maximum absolute atomic E-state index is 12.6. The van der Waals surface area contributed by atoms with E-state index in [2.05, 4.69) is 54.8 Å². The fraction of sp³-hybridized carbons (Fsp3) is 0.775. The van der Waals surface area contributed by atoms with Gasteiger partial charge >= 0.3 is 25.7 Å². The van der Waals surface area contributed by atoms with Crippen molar-refractivity contribution in [2.24, 2.45) is 5.73 Å². The number of hydrogen-bond donors (Lipinski definition) is 3. The Morgan fingerprint density at radius 2 is 1.02 bits per heavy atom. The third kappa shape index (κ3) is 34.8. The number of nitrogens with two attached hydrogens (primary N) is 1. The molecule has 0 aliphatic heterocycles. The second-order valence-corrected chi connectivity index (χ2v) is 14.9. The van der Waals surface area contributed by atoms with E-state index >= 15 is 0 Å². The SMILES string of the molecule is CCCCC/C=C\C/C=C\CCCCCCCC(=O)O[C@H](COC(=O)CCCCCCC/C=C\CCCCCC)COP(=O)(O)OC[C@H](N)C(=O)O. The van der Waals surface area contributed by atoms with Gasteiger partial charge in [0.2, 0.25) is 0 Å². The van der Waals surface area contributed by atoms with Gasteiger partial charge in [0.05, 0.1) is 13.2 Å². The van der Waals surface area contributed by atoms with Crippen LogP contribution < -0.4 is 5.73 Å². The molecule has 0 aromatic carbocycles. The van der Waals surface area contributed by atoms with E-state index in [0.29, 0.717) is 12.8 Å². The third-order valence-corrected chi connectivity index (χ3v) is 9.31. The first kappa shape index (κ1) is 49.7. The molecule has 0 aliphatic rings. The normalized spacial score (nSPS) is 14.2. The average Bonchev–Trinajstić information content (AvgIpc) is 3.12. The van der Waals surface area contributed by atoms with Crippen molar-refractivity contribution in [3.63, 3.8) is 0 Å². The molecule has 0 saturated carbocycles. The first-order chi connectivity index (χ1) is 25.1. The van der Waals surface area contributed by atoms with E-state index in [1.165, 1.54) is 44.9 Å². The summed E-state index contributed by atoms with van der Waals surface area (Å²) in [6, 6.07) is -1.52. The molecule has 11 nitrogen and oxygen atoms in total. The van der Waals surface area contributed by atoms with Gasteiger partial charge in [-0.25, -0.2) is 4.57 Å². The van der Waals surface area contributed by atoms with E-state index in [9.17, 15) is 23.8 Å². The second-order valence-electron chi connectivity index (χ2n) is 13.4. The number of carboxylic acids is 1. The first-order valence-electron chi connectivity index (χ1n) is 20.0. The summed E-state index contributed by atoms with van der Waals surface area (Å²) in [6.45, 7) is 2.72. The summed E-state index contributed by atoms with van der Waals surface area (Å²) in [5, 5.41) is 8.86. The number of hydrogen-bond acceptors (Lipinski definition) is 9. The molecule has 0 fully saturated rings. The molecule has 0 heterocycles. The number of unbranched alkanes of at least 4 members (excludes halogenated alkanes) is 17. The number of carbonyl (C=O) groups excluding carboxylic acids is 2. The number of esters is 2. The smallest absolute Gasteiger partial charge is 0.472 e. The molecule has 0 aliphatic carbocycles. The van der Waals surface area contributed by atoms with Gasteiger partial charge in [0, 0.05) is 12.8 Å². The van der Waals surface area contributed by atoms with E-state index in [1.54, 1.807) is 0 Å². The molecule has 0 saturated heterocycles. The van der Waals surface area contributed by atoms with Crippen LogP contribution in [-0.4, -0.2) is 59.9 Å². The van der Waals surface area contributed by atoms with E-state index in [4.69, 9.17) is 24.8 Å². The van der Waals surface area contributed by atoms with Crippen LogP contribution in [0, 0.1) is 0 Å². The van der Waals surface area contributed by atoms with Crippen LogP contribution in [0.1, 0.15) is 168 Å². The molecule has 0 radical (unpaired) electrons. The van der Waals surface area contributed by atoms with Crippen LogP contribution in [0.25, 0.3) is 0 Å². The van der Waals surface area contributed by atoms with Gasteiger partial charge in [0.15, 0.2) is 6.10 Å². The van der Waals surface area contributed by atoms with Crippen molar-refractivity contribution < 1.29 is 47.5 Å². The monoisotopic (exact) mass is 757 g/mol. The lowest BCUT2D eigenvalue weighted by molar-refractivity contribution is -0.161. The molecule has 52 heavy (non-hydrogen) atoms. The molecule has 302 valence electrons. The summed E-state index contributed by atoms with van der Waals surface area (Å²) in [6.07, 6.45) is 36.4.